The number of nitrogens with one attached hydrogen (secondary N) is 1. The van der Waals surface area contributed by atoms with Crippen LogP contribution < -0.4 is 5.32 Å². The van der Waals surface area contributed by atoms with Crippen molar-refractivity contribution in [2.75, 3.05) is 25.0 Å². The van der Waals surface area contributed by atoms with E-state index >= 15 is 0 Å². The molecule has 1 heterocycles. The third-order valence-corrected chi connectivity index (χ3v) is 5.21. The molecule has 2 rings (SSSR count). The highest BCUT2D eigenvalue weighted by molar-refractivity contribution is 14.1. The largest absolute Gasteiger partial charge is 0.392 e. The molecule has 104 valence electrons. The first kappa shape index (κ1) is 16.2. The fraction of sp³-hybridized carbons (Fsp3) is 0.417. The van der Waals surface area contributed by atoms with Crippen LogP contribution in [0.25, 0.3) is 0 Å². The Morgan fingerprint density at radius 2 is 2.00 bits per heavy atom. The van der Waals surface area contributed by atoms with E-state index < -0.39 is 0 Å². The van der Waals surface area contributed by atoms with Crippen LogP contribution in [0.4, 0.5) is 5.69 Å². The number of halogens is 3. The predicted octanol–water partition coefficient (Wildman–Crippen LogP) is 2.51. The fourth-order valence-corrected chi connectivity index (χ4v) is 5.85. The van der Waals surface area contributed by atoms with E-state index in [0.29, 0.717) is 13.1 Å². The van der Waals surface area contributed by atoms with E-state index in [1.165, 1.54) is 0 Å². The number of hydrogen-bond donors (Lipinski definition) is 2. The molecule has 1 aliphatic rings. The number of aliphatic hydroxyl groups excluding tert-OH is 1. The Balaban J connectivity index is 1.99. The highest BCUT2D eigenvalue weighted by Gasteiger charge is 2.22. The third kappa shape index (κ3) is 4.64. The van der Waals surface area contributed by atoms with Crippen LogP contribution in [0, 0.1) is 10.7 Å². The van der Waals surface area contributed by atoms with Crippen LogP contribution >= 0.6 is 67.8 Å². The minimum Gasteiger partial charge on any atom is -0.392 e. The van der Waals surface area contributed by atoms with Crippen LogP contribution in [0.1, 0.15) is 6.42 Å². The van der Waals surface area contributed by atoms with Crippen molar-refractivity contribution in [3.8, 4) is 0 Å². The van der Waals surface area contributed by atoms with Gasteiger partial charge in [-0.2, -0.15) is 0 Å². The summed E-state index contributed by atoms with van der Waals surface area (Å²) >= 11 is 6.74. The van der Waals surface area contributed by atoms with Gasteiger partial charge in [0.1, 0.15) is 0 Å². The van der Waals surface area contributed by atoms with Crippen LogP contribution in [-0.2, 0) is 4.79 Å². The number of anilines is 1. The fourth-order valence-electron chi connectivity index (χ4n) is 2.00. The zero-order valence-electron chi connectivity index (χ0n) is 10.00. The molecule has 1 atom stereocenters. The maximum atomic E-state index is 12.0. The molecule has 0 saturated carbocycles. The van der Waals surface area contributed by atoms with Gasteiger partial charge < -0.3 is 10.4 Å². The Kier molecular flexibility index (Phi) is 6.11. The molecule has 7 heteroatoms. The lowest BCUT2D eigenvalue weighted by Crippen LogP contribution is -2.32. The van der Waals surface area contributed by atoms with Crippen molar-refractivity contribution in [3.05, 3.63) is 22.8 Å². The molecule has 1 amide bonds. The number of benzene rings is 1. The van der Waals surface area contributed by atoms with E-state index in [4.69, 9.17) is 0 Å². The zero-order valence-corrected chi connectivity index (χ0v) is 16.5. The van der Waals surface area contributed by atoms with Gasteiger partial charge in [-0.15, -0.1) is 0 Å². The Labute approximate surface area is 153 Å². The molecule has 1 unspecified atom stereocenters. The molecule has 1 fully saturated rings. The zero-order chi connectivity index (χ0) is 14.0. The van der Waals surface area contributed by atoms with E-state index in [2.05, 4.69) is 73.1 Å². The average Bonchev–Trinajstić information content (AvgIpc) is 2.69. The molecule has 2 N–H and O–H groups in total. The number of carbonyl (C=O) groups is 1. The van der Waals surface area contributed by atoms with Crippen molar-refractivity contribution in [1.29, 1.82) is 0 Å². The second-order valence-electron chi connectivity index (χ2n) is 4.47. The van der Waals surface area contributed by atoms with Gasteiger partial charge in [0.2, 0.25) is 5.91 Å². The van der Waals surface area contributed by atoms with Crippen molar-refractivity contribution in [1.82, 2.24) is 4.90 Å². The first-order valence-electron chi connectivity index (χ1n) is 5.80. The van der Waals surface area contributed by atoms with Gasteiger partial charge in [-0.05, 0) is 86.3 Å². The first-order valence-corrected chi connectivity index (χ1v) is 9.04. The molecular weight excluding hydrogens is 585 g/mol. The molecular formula is C12H13I3N2O2. The Bertz CT molecular complexity index is 473. The number of likely N-dealkylation sites (tertiary alicyclic amines) is 1. The maximum absolute atomic E-state index is 12.0. The lowest BCUT2D eigenvalue weighted by Gasteiger charge is -2.16. The smallest absolute Gasteiger partial charge is 0.238 e. The van der Waals surface area contributed by atoms with Gasteiger partial charge in [0, 0.05) is 23.8 Å². The number of amides is 1. The minimum atomic E-state index is -0.286. The Morgan fingerprint density at radius 1 is 1.37 bits per heavy atom. The van der Waals surface area contributed by atoms with Gasteiger partial charge in [0.25, 0.3) is 0 Å². The Hall–Kier alpha value is 0.800. The predicted molar refractivity (Wildman–Crippen MR) is 100 cm³/mol. The van der Waals surface area contributed by atoms with Crippen LogP contribution in [0.3, 0.4) is 0 Å². The molecule has 0 bridgehead atoms. The van der Waals surface area contributed by atoms with Crippen molar-refractivity contribution in [2.45, 2.75) is 12.5 Å². The van der Waals surface area contributed by atoms with E-state index in [9.17, 15) is 9.90 Å². The van der Waals surface area contributed by atoms with E-state index in [0.717, 1.165) is 29.4 Å². The van der Waals surface area contributed by atoms with Crippen molar-refractivity contribution in [2.24, 2.45) is 0 Å². The number of nitrogens with zero attached hydrogens (tertiary/aromatic N) is 1. The number of aliphatic hydroxyl groups is 1. The molecule has 1 aromatic rings. The van der Waals surface area contributed by atoms with Gasteiger partial charge in [-0.3, -0.25) is 9.69 Å². The Morgan fingerprint density at radius 3 is 2.53 bits per heavy atom. The maximum Gasteiger partial charge on any atom is 0.238 e. The van der Waals surface area contributed by atoms with Crippen LogP contribution in [-0.4, -0.2) is 41.7 Å². The first-order chi connectivity index (χ1) is 8.95. The molecule has 0 radical (unpaired) electrons. The molecule has 0 aliphatic carbocycles. The van der Waals surface area contributed by atoms with E-state index in [1.54, 1.807) is 0 Å². The lowest BCUT2D eigenvalue weighted by molar-refractivity contribution is -0.117. The number of β-amino-alcohol motifs (C(OH)–C–C–N with tert-alkyl or cyclic N) is 1. The van der Waals surface area contributed by atoms with E-state index in [-0.39, 0.29) is 12.0 Å². The van der Waals surface area contributed by atoms with Crippen LogP contribution in [0.15, 0.2) is 12.1 Å². The third-order valence-electron chi connectivity index (χ3n) is 2.89. The molecule has 1 aliphatic heterocycles. The second-order valence-corrected chi connectivity index (χ2v) is 8.04. The van der Waals surface area contributed by atoms with Gasteiger partial charge >= 0.3 is 0 Å². The second kappa shape index (κ2) is 7.18. The van der Waals surface area contributed by atoms with Gasteiger partial charge in [-0.1, -0.05) is 0 Å². The summed E-state index contributed by atoms with van der Waals surface area (Å²) < 4.78 is 3.25. The molecule has 19 heavy (non-hydrogen) atoms. The summed E-state index contributed by atoms with van der Waals surface area (Å²) in [6.07, 6.45) is 0.470. The van der Waals surface area contributed by atoms with Gasteiger partial charge in [0.05, 0.1) is 18.3 Å². The molecule has 0 spiro atoms. The van der Waals surface area contributed by atoms with Crippen molar-refractivity contribution >= 4 is 79.4 Å². The number of rotatable bonds is 3. The summed E-state index contributed by atoms with van der Waals surface area (Å²) in [7, 11) is 0. The average molecular weight is 598 g/mol. The summed E-state index contributed by atoms with van der Waals surface area (Å²) in [4.78, 5) is 14.0. The van der Waals surface area contributed by atoms with Crippen molar-refractivity contribution in [3.63, 3.8) is 0 Å². The van der Waals surface area contributed by atoms with Crippen molar-refractivity contribution < 1.29 is 9.90 Å². The van der Waals surface area contributed by atoms with Gasteiger partial charge in [0.15, 0.2) is 0 Å². The number of hydrogen-bond acceptors (Lipinski definition) is 3. The summed E-state index contributed by atoms with van der Waals surface area (Å²) in [5.74, 6) is -0.0221. The molecule has 1 saturated heterocycles. The lowest BCUT2D eigenvalue weighted by atomic mass is 10.3. The summed E-state index contributed by atoms with van der Waals surface area (Å²) in [6.45, 7) is 1.72. The summed E-state index contributed by atoms with van der Waals surface area (Å²) in [5, 5.41) is 12.4. The van der Waals surface area contributed by atoms with Gasteiger partial charge in [-0.25, -0.2) is 0 Å². The quantitative estimate of drug-likeness (QED) is 0.527. The SMILES string of the molecule is O=C(CN1CCC(O)C1)Nc1c(I)cc(I)cc1I. The molecule has 4 nitrogen and oxygen atoms in total. The highest BCUT2D eigenvalue weighted by Crippen LogP contribution is 2.27. The summed E-state index contributed by atoms with van der Waals surface area (Å²) in [6, 6.07) is 4.08. The molecule has 0 aromatic heterocycles. The summed E-state index contributed by atoms with van der Waals surface area (Å²) in [5.41, 5.74) is 0.881. The highest BCUT2D eigenvalue weighted by atomic mass is 127. The number of carbonyl (C=O) groups excluding carboxylic acids is 1. The van der Waals surface area contributed by atoms with Crippen LogP contribution in [0.2, 0.25) is 0 Å². The topological polar surface area (TPSA) is 52.6 Å². The van der Waals surface area contributed by atoms with E-state index in [1.807, 2.05) is 17.0 Å². The minimum absolute atomic E-state index is 0.0221. The monoisotopic (exact) mass is 598 g/mol. The normalized spacial score (nSPS) is 19.7. The standard InChI is InChI=1S/C12H13I3N2O2/c13-7-3-9(14)12(10(15)4-7)16-11(19)6-17-2-1-8(18)5-17/h3-4,8,18H,1-2,5-6H2,(H,16,19). The van der Waals surface area contributed by atoms with Crippen LogP contribution in [0.5, 0.6) is 0 Å². The molecule has 1 aromatic carbocycles.